The number of rotatable bonds is 20. The third-order valence-corrected chi connectivity index (χ3v) is 4.40. The van der Waals surface area contributed by atoms with Crippen molar-refractivity contribution < 1.29 is 24.4 Å². The average molecular weight is 377 g/mol. The molecule has 0 aliphatic carbocycles. The molecule has 0 rings (SSSR count). The number of hydrogen-bond acceptors (Lipinski definition) is 5. The van der Waals surface area contributed by atoms with Crippen LogP contribution < -0.4 is 0 Å². The maximum Gasteiger partial charge on any atom is 0.101 e. The Bertz CT molecular complexity index is 275. The average Bonchev–Trinajstić information content (AvgIpc) is 2.65. The van der Waals surface area contributed by atoms with Crippen LogP contribution in [0.2, 0.25) is 0 Å². The van der Waals surface area contributed by atoms with E-state index >= 15 is 0 Å². The number of ether oxygens (including phenoxy) is 3. The van der Waals surface area contributed by atoms with Gasteiger partial charge in [0.25, 0.3) is 0 Å². The fourth-order valence-electron chi connectivity index (χ4n) is 2.63. The third-order valence-electron chi connectivity index (χ3n) is 4.40. The zero-order chi connectivity index (χ0) is 19.5. The zero-order valence-electron chi connectivity index (χ0n) is 17.5. The van der Waals surface area contributed by atoms with Crippen molar-refractivity contribution in [1.29, 1.82) is 0 Å². The Balaban J connectivity index is 3.29. The van der Waals surface area contributed by atoms with Crippen LogP contribution in [-0.2, 0) is 14.2 Å². The van der Waals surface area contributed by atoms with E-state index in [0.29, 0.717) is 19.8 Å². The lowest BCUT2D eigenvalue weighted by Crippen LogP contribution is -2.28. The topological polar surface area (TPSA) is 68.2 Å². The van der Waals surface area contributed by atoms with Gasteiger partial charge in [-0.05, 0) is 20.3 Å². The first-order valence-electron chi connectivity index (χ1n) is 10.7. The lowest BCUT2D eigenvalue weighted by Gasteiger charge is -2.18. The van der Waals surface area contributed by atoms with Gasteiger partial charge in [-0.2, -0.15) is 0 Å². The van der Waals surface area contributed by atoms with Gasteiger partial charge < -0.3 is 24.4 Å². The standard InChI is InChI=1S/C21H44O5/c1-4-5-6-7-8-9-10-11-12-13-14-24-17-21(23)18-26-20(3)16-25-19(2)15-22/h19-23H,4-18H2,1-3H3. The number of aliphatic hydroxyl groups excluding tert-OH is 2. The van der Waals surface area contributed by atoms with E-state index in [-0.39, 0.29) is 25.4 Å². The minimum absolute atomic E-state index is 0.00213. The van der Waals surface area contributed by atoms with Crippen LogP contribution in [-0.4, -0.2) is 61.6 Å². The van der Waals surface area contributed by atoms with E-state index in [1.165, 1.54) is 57.8 Å². The summed E-state index contributed by atoms with van der Waals surface area (Å²) in [6.07, 6.45) is 12.2. The van der Waals surface area contributed by atoms with E-state index in [2.05, 4.69) is 6.92 Å². The highest BCUT2D eigenvalue weighted by Gasteiger charge is 2.10. The molecular formula is C21H44O5. The highest BCUT2D eigenvalue weighted by atomic mass is 16.5. The van der Waals surface area contributed by atoms with Crippen LogP contribution in [0.1, 0.15) is 85.0 Å². The van der Waals surface area contributed by atoms with E-state index in [9.17, 15) is 5.11 Å². The molecule has 0 aromatic heterocycles. The largest absolute Gasteiger partial charge is 0.394 e. The quantitative estimate of drug-likeness (QED) is 0.313. The van der Waals surface area contributed by atoms with Crippen LogP contribution in [0.4, 0.5) is 0 Å². The number of hydrogen-bond donors (Lipinski definition) is 2. The Morgan fingerprint density at radius 1 is 0.692 bits per heavy atom. The number of unbranched alkanes of at least 4 members (excludes halogenated alkanes) is 9. The maximum atomic E-state index is 9.85. The van der Waals surface area contributed by atoms with Gasteiger partial charge in [0, 0.05) is 6.61 Å². The van der Waals surface area contributed by atoms with E-state index in [1.54, 1.807) is 0 Å². The molecule has 0 aliphatic rings. The highest BCUT2D eigenvalue weighted by Crippen LogP contribution is 2.10. The Kier molecular flexibility index (Phi) is 19.4. The molecule has 0 fully saturated rings. The molecule has 0 aromatic carbocycles. The van der Waals surface area contributed by atoms with Crippen molar-refractivity contribution in [2.75, 3.05) is 33.0 Å². The van der Waals surface area contributed by atoms with Crippen LogP contribution in [0.15, 0.2) is 0 Å². The molecule has 0 saturated heterocycles. The first-order chi connectivity index (χ1) is 12.6. The summed E-state index contributed by atoms with van der Waals surface area (Å²) in [6.45, 7) is 7.64. The fraction of sp³-hybridized carbons (Fsp3) is 1.00. The van der Waals surface area contributed by atoms with Gasteiger partial charge in [-0.3, -0.25) is 0 Å². The van der Waals surface area contributed by atoms with E-state index in [1.807, 2.05) is 13.8 Å². The molecule has 3 atom stereocenters. The third kappa shape index (κ3) is 18.6. The molecule has 0 aliphatic heterocycles. The summed E-state index contributed by atoms with van der Waals surface area (Å²) >= 11 is 0. The van der Waals surface area contributed by atoms with Crippen LogP contribution in [0, 0.1) is 0 Å². The smallest absolute Gasteiger partial charge is 0.101 e. The summed E-state index contributed by atoms with van der Waals surface area (Å²) in [6, 6.07) is 0. The van der Waals surface area contributed by atoms with Gasteiger partial charge in [0.15, 0.2) is 0 Å². The zero-order valence-corrected chi connectivity index (χ0v) is 17.5. The molecule has 0 radical (unpaired) electrons. The lowest BCUT2D eigenvalue weighted by atomic mass is 10.1. The molecule has 0 bridgehead atoms. The molecule has 2 N–H and O–H groups in total. The van der Waals surface area contributed by atoms with E-state index in [0.717, 1.165) is 6.42 Å². The van der Waals surface area contributed by atoms with E-state index in [4.69, 9.17) is 19.3 Å². The minimum Gasteiger partial charge on any atom is -0.394 e. The summed E-state index contributed by atoms with van der Waals surface area (Å²) in [5.74, 6) is 0. The minimum atomic E-state index is -0.601. The van der Waals surface area contributed by atoms with Crippen molar-refractivity contribution >= 4 is 0 Å². The Morgan fingerprint density at radius 2 is 1.23 bits per heavy atom. The molecule has 0 spiro atoms. The monoisotopic (exact) mass is 376 g/mol. The van der Waals surface area contributed by atoms with Crippen LogP contribution in [0.3, 0.4) is 0 Å². The first kappa shape index (κ1) is 25.8. The van der Waals surface area contributed by atoms with Crippen LogP contribution >= 0.6 is 0 Å². The summed E-state index contributed by atoms with van der Waals surface area (Å²) in [4.78, 5) is 0. The second kappa shape index (κ2) is 19.6. The second-order valence-electron chi connectivity index (χ2n) is 7.38. The first-order valence-corrected chi connectivity index (χ1v) is 10.7. The van der Waals surface area contributed by atoms with Crippen molar-refractivity contribution in [1.82, 2.24) is 0 Å². The second-order valence-corrected chi connectivity index (χ2v) is 7.38. The predicted molar refractivity (Wildman–Crippen MR) is 107 cm³/mol. The van der Waals surface area contributed by atoms with Crippen molar-refractivity contribution in [2.24, 2.45) is 0 Å². The van der Waals surface area contributed by atoms with Gasteiger partial charge in [0.2, 0.25) is 0 Å². The molecule has 0 amide bonds. The lowest BCUT2D eigenvalue weighted by molar-refractivity contribution is -0.0775. The molecular weight excluding hydrogens is 332 g/mol. The van der Waals surface area contributed by atoms with Gasteiger partial charge in [-0.25, -0.2) is 0 Å². The molecule has 26 heavy (non-hydrogen) atoms. The van der Waals surface area contributed by atoms with Crippen molar-refractivity contribution in [3.05, 3.63) is 0 Å². The summed E-state index contributed by atoms with van der Waals surface area (Å²) in [5.41, 5.74) is 0. The highest BCUT2D eigenvalue weighted by molar-refractivity contribution is 4.56. The Hall–Kier alpha value is -0.200. The normalized spacial score (nSPS) is 15.1. The molecule has 5 nitrogen and oxygen atoms in total. The SMILES string of the molecule is CCCCCCCCCCCCOCC(O)COC(C)COC(C)CO. The molecule has 5 heteroatoms. The van der Waals surface area contributed by atoms with Crippen LogP contribution in [0.5, 0.6) is 0 Å². The summed E-state index contributed by atoms with van der Waals surface area (Å²) < 4.78 is 16.4. The van der Waals surface area contributed by atoms with Gasteiger partial charge >= 0.3 is 0 Å². The molecule has 158 valence electrons. The van der Waals surface area contributed by atoms with Gasteiger partial charge in [0.05, 0.1) is 38.6 Å². The van der Waals surface area contributed by atoms with Crippen molar-refractivity contribution in [3.8, 4) is 0 Å². The van der Waals surface area contributed by atoms with Gasteiger partial charge in [-0.15, -0.1) is 0 Å². The van der Waals surface area contributed by atoms with Crippen molar-refractivity contribution in [2.45, 2.75) is 103 Å². The molecule has 0 saturated carbocycles. The summed E-state index contributed by atoms with van der Waals surface area (Å²) in [7, 11) is 0. The van der Waals surface area contributed by atoms with E-state index < -0.39 is 6.10 Å². The predicted octanol–water partition coefficient (Wildman–Crippen LogP) is 4.09. The maximum absolute atomic E-state index is 9.85. The van der Waals surface area contributed by atoms with Crippen molar-refractivity contribution in [3.63, 3.8) is 0 Å². The number of aliphatic hydroxyl groups is 2. The Morgan fingerprint density at radius 3 is 1.81 bits per heavy atom. The fourth-order valence-corrected chi connectivity index (χ4v) is 2.63. The van der Waals surface area contributed by atoms with Crippen LogP contribution in [0.25, 0.3) is 0 Å². The summed E-state index contributed by atoms with van der Waals surface area (Å²) in [5, 5.41) is 18.7. The molecule has 0 heterocycles. The van der Waals surface area contributed by atoms with Gasteiger partial charge in [-0.1, -0.05) is 64.7 Å². The van der Waals surface area contributed by atoms with Gasteiger partial charge in [0.1, 0.15) is 6.10 Å². The Labute approximate surface area is 161 Å². The molecule has 0 aromatic rings. The molecule has 3 unspecified atom stereocenters.